The van der Waals surface area contributed by atoms with Crippen molar-refractivity contribution in [1.29, 1.82) is 0 Å². The van der Waals surface area contributed by atoms with E-state index in [9.17, 15) is 4.79 Å². The fourth-order valence-electron chi connectivity index (χ4n) is 2.35. The minimum Gasteiger partial charge on any atom is -0.361 e. The van der Waals surface area contributed by atoms with E-state index >= 15 is 0 Å². The Morgan fingerprint density at radius 1 is 1.35 bits per heavy atom. The number of carbonyl (C=O) groups is 1. The van der Waals surface area contributed by atoms with Gasteiger partial charge in [-0.1, -0.05) is 18.2 Å². The van der Waals surface area contributed by atoms with Gasteiger partial charge in [0.25, 0.3) is 0 Å². The van der Waals surface area contributed by atoms with Gasteiger partial charge in [0.2, 0.25) is 5.91 Å². The predicted octanol–water partition coefficient (Wildman–Crippen LogP) is 3.65. The lowest BCUT2D eigenvalue weighted by Crippen LogP contribution is -2.27. The van der Waals surface area contributed by atoms with Gasteiger partial charge in [-0.3, -0.25) is 4.79 Å². The molecule has 3 nitrogen and oxygen atoms in total. The highest BCUT2D eigenvalue weighted by atomic mass is 32.1. The number of hydrogen-bond acceptors (Lipinski definition) is 2. The quantitative estimate of drug-likeness (QED) is 0.754. The summed E-state index contributed by atoms with van der Waals surface area (Å²) < 4.78 is 0. The smallest absolute Gasteiger partial charge is 0.224 e. The van der Waals surface area contributed by atoms with Crippen molar-refractivity contribution >= 4 is 28.1 Å². The number of rotatable bonds is 4. The zero-order chi connectivity index (χ0) is 13.9. The van der Waals surface area contributed by atoms with E-state index < -0.39 is 0 Å². The van der Waals surface area contributed by atoms with Crippen LogP contribution >= 0.6 is 11.3 Å². The molecule has 0 fully saturated rings. The molecular weight excluding hydrogens is 268 g/mol. The van der Waals surface area contributed by atoms with Crippen molar-refractivity contribution in [2.24, 2.45) is 0 Å². The van der Waals surface area contributed by atoms with Gasteiger partial charge in [0.05, 0.1) is 12.5 Å². The van der Waals surface area contributed by atoms with Gasteiger partial charge in [0.15, 0.2) is 0 Å². The molecule has 0 bridgehead atoms. The Balaban J connectivity index is 1.70. The number of aromatic nitrogens is 1. The Kier molecular flexibility index (Phi) is 3.56. The van der Waals surface area contributed by atoms with Gasteiger partial charge in [-0.05, 0) is 40.9 Å². The summed E-state index contributed by atoms with van der Waals surface area (Å²) in [5.41, 5.74) is 3.26. The number of fused-ring (bicyclic) bond motifs is 1. The van der Waals surface area contributed by atoms with Crippen molar-refractivity contribution < 1.29 is 4.79 Å². The van der Waals surface area contributed by atoms with E-state index in [0.29, 0.717) is 6.42 Å². The molecule has 20 heavy (non-hydrogen) atoms. The van der Waals surface area contributed by atoms with E-state index in [1.807, 2.05) is 48.8 Å². The minimum absolute atomic E-state index is 0.0495. The van der Waals surface area contributed by atoms with Crippen molar-refractivity contribution in [3.8, 4) is 0 Å². The second-order valence-corrected chi connectivity index (χ2v) is 5.66. The molecule has 1 unspecified atom stereocenters. The first-order valence-corrected chi connectivity index (χ1v) is 7.55. The number of hydrogen-bond donors (Lipinski definition) is 2. The number of benzene rings is 1. The number of amides is 1. The largest absolute Gasteiger partial charge is 0.361 e. The molecule has 4 heteroatoms. The first-order valence-electron chi connectivity index (χ1n) is 6.60. The van der Waals surface area contributed by atoms with Crippen LogP contribution in [0.15, 0.2) is 47.3 Å². The fourth-order valence-corrected chi connectivity index (χ4v) is 3.10. The molecule has 102 valence electrons. The molecule has 0 radical (unpaired) electrons. The molecular formula is C16H16N2OS. The number of para-hydroxylation sites is 1. The van der Waals surface area contributed by atoms with Crippen LogP contribution < -0.4 is 5.32 Å². The molecule has 2 aromatic heterocycles. The SMILES string of the molecule is CC(NC(=O)Cc1c[nH]c2ccccc12)c1ccsc1. The van der Waals surface area contributed by atoms with Crippen LogP contribution in [0.5, 0.6) is 0 Å². The van der Waals surface area contributed by atoms with Crippen LogP contribution in [0.1, 0.15) is 24.1 Å². The Hall–Kier alpha value is -2.07. The second-order valence-electron chi connectivity index (χ2n) is 4.88. The summed E-state index contributed by atoms with van der Waals surface area (Å²) in [4.78, 5) is 15.3. The summed E-state index contributed by atoms with van der Waals surface area (Å²) in [5.74, 6) is 0.0495. The topological polar surface area (TPSA) is 44.9 Å². The van der Waals surface area contributed by atoms with Crippen molar-refractivity contribution in [2.45, 2.75) is 19.4 Å². The zero-order valence-corrected chi connectivity index (χ0v) is 12.0. The lowest BCUT2D eigenvalue weighted by atomic mass is 10.1. The van der Waals surface area contributed by atoms with Crippen LogP contribution in [0.25, 0.3) is 10.9 Å². The summed E-state index contributed by atoms with van der Waals surface area (Å²) in [6.07, 6.45) is 2.32. The van der Waals surface area contributed by atoms with Gasteiger partial charge in [0, 0.05) is 17.1 Å². The molecule has 1 amide bonds. The maximum Gasteiger partial charge on any atom is 0.224 e. The molecule has 0 aliphatic carbocycles. The van der Waals surface area contributed by atoms with E-state index in [1.54, 1.807) is 11.3 Å². The van der Waals surface area contributed by atoms with Crippen LogP contribution in [-0.2, 0) is 11.2 Å². The molecule has 0 aliphatic rings. The molecule has 3 aromatic rings. The molecule has 0 saturated heterocycles. The molecule has 1 atom stereocenters. The van der Waals surface area contributed by atoms with Gasteiger partial charge in [-0.2, -0.15) is 11.3 Å². The maximum absolute atomic E-state index is 12.1. The van der Waals surface area contributed by atoms with E-state index in [0.717, 1.165) is 22.0 Å². The second kappa shape index (κ2) is 5.51. The summed E-state index contributed by atoms with van der Waals surface area (Å²) in [5, 5.41) is 8.25. The van der Waals surface area contributed by atoms with Crippen LogP contribution in [0.3, 0.4) is 0 Å². The Morgan fingerprint density at radius 3 is 3.00 bits per heavy atom. The molecule has 0 spiro atoms. The van der Waals surface area contributed by atoms with E-state index in [4.69, 9.17) is 0 Å². The standard InChI is InChI=1S/C16H16N2OS/c1-11(12-6-7-20-10-12)18-16(19)8-13-9-17-15-5-3-2-4-14(13)15/h2-7,9-11,17H,8H2,1H3,(H,18,19). The Bertz CT molecular complexity index is 715. The van der Waals surface area contributed by atoms with Crippen LogP contribution in [0.2, 0.25) is 0 Å². The van der Waals surface area contributed by atoms with E-state index in [2.05, 4.69) is 15.7 Å². The number of aromatic amines is 1. The van der Waals surface area contributed by atoms with Crippen molar-refractivity contribution in [1.82, 2.24) is 10.3 Å². The average Bonchev–Trinajstić information content (AvgIpc) is 3.09. The highest BCUT2D eigenvalue weighted by Crippen LogP contribution is 2.19. The third kappa shape index (κ3) is 2.60. The maximum atomic E-state index is 12.1. The van der Waals surface area contributed by atoms with Gasteiger partial charge >= 0.3 is 0 Å². The van der Waals surface area contributed by atoms with Crippen molar-refractivity contribution in [3.05, 3.63) is 58.4 Å². The third-order valence-electron chi connectivity index (χ3n) is 3.45. The summed E-state index contributed by atoms with van der Waals surface area (Å²) in [6.45, 7) is 2.01. The van der Waals surface area contributed by atoms with Crippen molar-refractivity contribution in [2.75, 3.05) is 0 Å². The fraction of sp³-hybridized carbons (Fsp3) is 0.188. The predicted molar refractivity (Wildman–Crippen MR) is 82.9 cm³/mol. The molecule has 0 aliphatic heterocycles. The normalized spacial score (nSPS) is 12.4. The monoisotopic (exact) mass is 284 g/mol. The van der Waals surface area contributed by atoms with Gasteiger partial charge in [0.1, 0.15) is 0 Å². The van der Waals surface area contributed by atoms with Crippen molar-refractivity contribution in [3.63, 3.8) is 0 Å². The molecule has 2 N–H and O–H groups in total. The van der Waals surface area contributed by atoms with Gasteiger partial charge < -0.3 is 10.3 Å². The highest BCUT2D eigenvalue weighted by Gasteiger charge is 2.12. The Labute approximate surface area is 121 Å². The lowest BCUT2D eigenvalue weighted by Gasteiger charge is -2.12. The zero-order valence-electron chi connectivity index (χ0n) is 11.2. The summed E-state index contributed by atoms with van der Waals surface area (Å²) in [7, 11) is 0. The third-order valence-corrected chi connectivity index (χ3v) is 4.15. The molecule has 3 rings (SSSR count). The molecule has 1 aromatic carbocycles. The summed E-state index contributed by atoms with van der Waals surface area (Å²) >= 11 is 1.65. The van der Waals surface area contributed by atoms with E-state index in [1.165, 1.54) is 0 Å². The lowest BCUT2D eigenvalue weighted by molar-refractivity contribution is -0.121. The number of carbonyl (C=O) groups excluding carboxylic acids is 1. The number of nitrogens with one attached hydrogen (secondary N) is 2. The van der Waals surface area contributed by atoms with Gasteiger partial charge in [-0.15, -0.1) is 0 Å². The molecule has 2 heterocycles. The van der Waals surface area contributed by atoms with E-state index in [-0.39, 0.29) is 11.9 Å². The van der Waals surface area contributed by atoms with Crippen LogP contribution in [0, 0.1) is 0 Å². The van der Waals surface area contributed by atoms with Crippen LogP contribution in [0.4, 0.5) is 0 Å². The number of thiophene rings is 1. The first kappa shape index (κ1) is 12.9. The summed E-state index contributed by atoms with van der Waals surface area (Å²) in [6, 6.07) is 10.1. The van der Waals surface area contributed by atoms with Crippen LogP contribution in [-0.4, -0.2) is 10.9 Å². The first-order chi connectivity index (χ1) is 9.74. The Morgan fingerprint density at radius 2 is 2.20 bits per heavy atom. The number of H-pyrrole nitrogens is 1. The average molecular weight is 284 g/mol. The minimum atomic E-state index is 0.0495. The molecule has 0 saturated carbocycles. The van der Waals surface area contributed by atoms with Gasteiger partial charge in [-0.25, -0.2) is 0 Å². The highest BCUT2D eigenvalue weighted by molar-refractivity contribution is 7.07.